The Morgan fingerprint density at radius 3 is 2.06 bits per heavy atom. The number of cyclic esters (lactones) is 1. The molecule has 2 fully saturated rings. The number of ether oxygens (including phenoxy) is 4. The largest absolute Gasteiger partial charge is 0.452 e. The Balaban J connectivity index is 1.64. The standard InChI is InChI=1S/C28H34O6/c1-6-17(2)21-24(32-26(21)29)27(30)31-23(20-15-11-8-12-16-20)25-22(33-28(4,5)34-25)18(3)19-13-9-7-10-14-19/h7-18,21-25H,6H2,1-5H3/t17-,18+,21-,22-,23+,24+,25+/m0/s1. The van der Waals surface area contributed by atoms with Crippen LogP contribution in [0.1, 0.15) is 64.2 Å². The Morgan fingerprint density at radius 2 is 1.50 bits per heavy atom. The maximum atomic E-state index is 13.3. The van der Waals surface area contributed by atoms with Crippen LogP contribution in [0.3, 0.4) is 0 Å². The van der Waals surface area contributed by atoms with Crippen LogP contribution in [0.25, 0.3) is 0 Å². The molecule has 0 N–H and O–H groups in total. The van der Waals surface area contributed by atoms with Crippen molar-refractivity contribution in [3.63, 3.8) is 0 Å². The molecule has 182 valence electrons. The minimum atomic E-state index is -0.894. The number of hydrogen-bond donors (Lipinski definition) is 0. The number of hydrogen-bond acceptors (Lipinski definition) is 6. The van der Waals surface area contributed by atoms with Gasteiger partial charge in [-0.1, -0.05) is 87.9 Å². The minimum absolute atomic E-state index is 0.00715. The Bertz CT molecular complexity index is 988. The van der Waals surface area contributed by atoms with Gasteiger partial charge in [0, 0.05) is 5.92 Å². The zero-order valence-corrected chi connectivity index (χ0v) is 20.5. The van der Waals surface area contributed by atoms with Crippen LogP contribution in [0.15, 0.2) is 60.7 Å². The Hall–Kier alpha value is -2.70. The van der Waals surface area contributed by atoms with Crippen LogP contribution in [-0.2, 0) is 28.5 Å². The molecule has 0 bridgehead atoms. The van der Waals surface area contributed by atoms with Gasteiger partial charge >= 0.3 is 11.9 Å². The molecule has 2 aliphatic heterocycles. The molecule has 34 heavy (non-hydrogen) atoms. The first kappa shape index (κ1) is 24.4. The summed E-state index contributed by atoms with van der Waals surface area (Å²) in [5.74, 6) is -2.19. The lowest BCUT2D eigenvalue weighted by Crippen LogP contribution is -2.54. The third-order valence-electron chi connectivity index (χ3n) is 6.98. The molecule has 2 heterocycles. The molecular formula is C28H34O6. The molecule has 2 aromatic carbocycles. The summed E-state index contributed by atoms with van der Waals surface area (Å²) in [6.07, 6.45) is -1.74. The van der Waals surface area contributed by atoms with Crippen molar-refractivity contribution in [3.8, 4) is 0 Å². The van der Waals surface area contributed by atoms with E-state index >= 15 is 0 Å². The summed E-state index contributed by atoms with van der Waals surface area (Å²) < 4.78 is 24.0. The van der Waals surface area contributed by atoms with Gasteiger partial charge in [0.15, 0.2) is 11.9 Å². The second-order valence-corrected chi connectivity index (χ2v) is 9.80. The van der Waals surface area contributed by atoms with Gasteiger partial charge in [-0.2, -0.15) is 0 Å². The fraction of sp³-hybridized carbons (Fsp3) is 0.500. The molecule has 7 atom stereocenters. The first-order valence-electron chi connectivity index (χ1n) is 12.1. The molecule has 0 radical (unpaired) electrons. The Labute approximate surface area is 201 Å². The number of esters is 2. The van der Waals surface area contributed by atoms with E-state index in [1.54, 1.807) is 0 Å². The Kier molecular flexibility index (Phi) is 7.10. The highest BCUT2D eigenvalue weighted by Crippen LogP contribution is 2.43. The highest BCUT2D eigenvalue weighted by Gasteiger charge is 2.54. The fourth-order valence-electron chi connectivity index (χ4n) is 4.85. The monoisotopic (exact) mass is 466 g/mol. The van der Waals surface area contributed by atoms with E-state index < -0.39 is 36.0 Å². The summed E-state index contributed by atoms with van der Waals surface area (Å²) in [6, 6.07) is 19.6. The van der Waals surface area contributed by atoms with Gasteiger partial charge in [0.05, 0.1) is 6.10 Å². The highest BCUT2D eigenvalue weighted by atomic mass is 16.8. The van der Waals surface area contributed by atoms with Gasteiger partial charge in [0.25, 0.3) is 0 Å². The quantitative estimate of drug-likeness (QED) is 0.499. The lowest BCUT2D eigenvalue weighted by molar-refractivity contribution is -0.209. The van der Waals surface area contributed by atoms with Gasteiger partial charge in [0.2, 0.25) is 6.10 Å². The van der Waals surface area contributed by atoms with E-state index in [1.165, 1.54) is 0 Å². The van der Waals surface area contributed by atoms with Crippen molar-refractivity contribution in [2.75, 3.05) is 0 Å². The molecule has 0 aromatic heterocycles. The average molecular weight is 467 g/mol. The third kappa shape index (κ3) is 4.89. The molecule has 6 heteroatoms. The van der Waals surface area contributed by atoms with E-state index in [4.69, 9.17) is 18.9 Å². The lowest BCUT2D eigenvalue weighted by Gasteiger charge is -2.38. The van der Waals surface area contributed by atoms with Gasteiger partial charge in [-0.25, -0.2) is 4.79 Å². The highest BCUT2D eigenvalue weighted by molar-refractivity contribution is 5.91. The van der Waals surface area contributed by atoms with Crippen molar-refractivity contribution in [2.24, 2.45) is 11.8 Å². The zero-order valence-electron chi connectivity index (χ0n) is 20.5. The number of carbonyl (C=O) groups is 2. The number of benzene rings is 2. The van der Waals surface area contributed by atoms with Crippen LogP contribution in [0, 0.1) is 11.8 Å². The van der Waals surface area contributed by atoms with Crippen LogP contribution < -0.4 is 0 Å². The van der Waals surface area contributed by atoms with Crippen molar-refractivity contribution in [1.82, 2.24) is 0 Å². The van der Waals surface area contributed by atoms with Crippen molar-refractivity contribution in [3.05, 3.63) is 71.8 Å². The first-order valence-corrected chi connectivity index (χ1v) is 12.1. The number of rotatable bonds is 8. The maximum Gasteiger partial charge on any atom is 0.349 e. The van der Waals surface area contributed by atoms with Crippen LogP contribution in [0.4, 0.5) is 0 Å². The molecule has 0 aliphatic carbocycles. The molecule has 2 saturated heterocycles. The topological polar surface area (TPSA) is 71.1 Å². The molecule has 6 nitrogen and oxygen atoms in total. The van der Waals surface area contributed by atoms with Gasteiger partial charge in [0.1, 0.15) is 12.0 Å². The maximum absolute atomic E-state index is 13.3. The first-order chi connectivity index (χ1) is 16.2. The zero-order chi connectivity index (χ0) is 24.5. The molecule has 0 amide bonds. The molecule has 2 aliphatic rings. The third-order valence-corrected chi connectivity index (χ3v) is 6.98. The van der Waals surface area contributed by atoms with Crippen LogP contribution in [0.2, 0.25) is 0 Å². The van der Waals surface area contributed by atoms with E-state index in [1.807, 2.05) is 76.2 Å². The van der Waals surface area contributed by atoms with Gasteiger partial charge < -0.3 is 18.9 Å². The van der Waals surface area contributed by atoms with Gasteiger partial charge in [-0.15, -0.1) is 0 Å². The molecule has 0 spiro atoms. The SMILES string of the molecule is CC[C@H](C)[C@@H]1C(=O)O[C@H]1C(=O)O[C@H](c1ccccc1)[C@@H]1OC(C)(C)O[C@H]1[C@H](C)c1ccccc1. The second kappa shape index (κ2) is 9.88. The van der Waals surface area contributed by atoms with Crippen LogP contribution in [-0.4, -0.2) is 36.0 Å². The van der Waals surface area contributed by atoms with Gasteiger partial charge in [-0.3, -0.25) is 4.79 Å². The molecule has 0 unspecified atom stereocenters. The van der Waals surface area contributed by atoms with Crippen LogP contribution >= 0.6 is 0 Å². The predicted molar refractivity (Wildman–Crippen MR) is 127 cm³/mol. The van der Waals surface area contributed by atoms with E-state index in [0.717, 1.165) is 17.5 Å². The van der Waals surface area contributed by atoms with Crippen molar-refractivity contribution in [1.29, 1.82) is 0 Å². The summed E-state index contributed by atoms with van der Waals surface area (Å²) in [7, 11) is 0. The van der Waals surface area contributed by atoms with Crippen molar-refractivity contribution >= 4 is 11.9 Å². The summed E-state index contributed by atoms with van der Waals surface area (Å²) in [6.45, 7) is 9.78. The van der Waals surface area contributed by atoms with E-state index in [9.17, 15) is 9.59 Å². The molecule has 4 rings (SSSR count). The molecular weight excluding hydrogens is 432 g/mol. The normalized spacial score (nSPS) is 28.3. The summed E-state index contributed by atoms with van der Waals surface area (Å²) in [5, 5.41) is 0. The van der Waals surface area contributed by atoms with E-state index in [0.29, 0.717) is 0 Å². The molecule has 2 aromatic rings. The van der Waals surface area contributed by atoms with Crippen molar-refractivity contribution in [2.45, 2.75) is 77.2 Å². The van der Waals surface area contributed by atoms with Crippen LogP contribution in [0.5, 0.6) is 0 Å². The van der Waals surface area contributed by atoms with Crippen molar-refractivity contribution < 1.29 is 28.5 Å². The fourth-order valence-corrected chi connectivity index (χ4v) is 4.85. The smallest absolute Gasteiger partial charge is 0.349 e. The summed E-state index contributed by atoms with van der Waals surface area (Å²) in [5.41, 5.74) is 1.92. The molecule has 0 saturated carbocycles. The average Bonchev–Trinajstić information content (AvgIpc) is 3.16. The number of carbonyl (C=O) groups excluding carboxylic acids is 2. The summed E-state index contributed by atoms with van der Waals surface area (Å²) in [4.78, 5) is 25.3. The minimum Gasteiger partial charge on any atom is -0.452 e. The summed E-state index contributed by atoms with van der Waals surface area (Å²) >= 11 is 0. The van der Waals surface area contributed by atoms with Gasteiger partial charge in [-0.05, 0) is 30.9 Å². The van der Waals surface area contributed by atoms with E-state index in [-0.39, 0.29) is 23.9 Å². The van der Waals surface area contributed by atoms with E-state index in [2.05, 4.69) is 19.1 Å². The Morgan fingerprint density at radius 1 is 0.941 bits per heavy atom. The predicted octanol–water partition coefficient (Wildman–Crippen LogP) is 5.18. The lowest BCUT2D eigenvalue weighted by atomic mass is 9.83. The second-order valence-electron chi connectivity index (χ2n) is 9.80.